The number of esters is 1. The van der Waals surface area contributed by atoms with Crippen LogP contribution in [0, 0.1) is 15.9 Å². The molecule has 1 aliphatic heterocycles. The largest absolute Gasteiger partial charge is 0.496 e. The van der Waals surface area contributed by atoms with Crippen LogP contribution in [-0.4, -0.2) is 29.2 Å². The number of thiazole rings is 1. The molecule has 0 fully saturated rings. The average molecular weight is 626 g/mol. The Labute approximate surface area is 258 Å². The molecular formula is C33H24FN3O7S. The lowest BCUT2D eigenvalue weighted by Crippen LogP contribution is -2.40. The Kier molecular flexibility index (Phi) is 7.97. The normalized spacial score (nSPS) is 14.6. The van der Waals surface area contributed by atoms with Crippen molar-refractivity contribution < 1.29 is 28.0 Å². The number of non-ortho nitro benzene ring substituents is 1. The van der Waals surface area contributed by atoms with Gasteiger partial charge >= 0.3 is 5.97 Å². The highest BCUT2D eigenvalue weighted by atomic mass is 32.1. The molecule has 3 aromatic carbocycles. The maximum atomic E-state index is 14.0. The number of fused-ring (bicyclic) bond motifs is 1. The lowest BCUT2D eigenvalue weighted by Gasteiger charge is -2.25. The van der Waals surface area contributed by atoms with Gasteiger partial charge in [0.25, 0.3) is 11.2 Å². The molecule has 1 aliphatic rings. The van der Waals surface area contributed by atoms with Crippen LogP contribution in [0.15, 0.2) is 105 Å². The quantitative estimate of drug-likeness (QED) is 0.131. The van der Waals surface area contributed by atoms with Gasteiger partial charge in [-0.2, -0.15) is 0 Å². The molecule has 2 aromatic heterocycles. The number of carbonyl (C=O) groups excluding carboxylic acids is 1. The van der Waals surface area contributed by atoms with Crippen molar-refractivity contribution in [2.45, 2.75) is 13.0 Å². The van der Waals surface area contributed by atoms with Gasteiger partial charge in [0.2, 0.25) is 0 Å². The van der Waals surface area contributed by atoms with E-state index in [1.807, 2.05) is 30.3 Å². The van der Waals surface area contributed by atoms with E-state index in [0.29, 0.717) is 38.7 Å². The van der Waals surface area contributed by atoms with Crippen molar-refractivity contribution in [1.29, 1.82) is 0 Å². The first-order valence-electron chi connectivity index (χ1n) is 13.8. The number of aromatic nitrogens is 1. The number of methoxy groups -OCH3 is 1. The van der Waals surface area contributed by atoms with Crippen molar-refractivity contribution in [1.82, 2.24) is 4.57 Å². The second-order valence-electron chi connectivity index (χ2n) is 9.83. The van der Waals surface area contributed by atoms with Crippen LogP contribution in [0.4, 0.5) is 10.1 Å². The summed E-state index contributed by atoms with van der Waals surface area (Å²) in [5.41, 5.74) is 1.58. The summed E-state index contributed by atoms with van der Waals surface area (Å²) < 4.78 is 32.4. The van der Waals surface area contributed by atoms with Gasteiger partial charge in [-0.3, -0.25) is 19.5 Å². The van der Waals surface area contributed by atoms with Crippen LogP contribution in [0.1, 0.15) is 29.9 Å². The molecular weight excluding hydrogens is 601 g/mol. The molecule has 0 saturated carbocycles. The molecule has 10 nitrogen and oxygen atoms in total. The van der Waals surface area contributed by atoms with Gasteiger partial charge in [0.1, 0.15) is 23.1 Å². The molecule has 0 N–H and O–H groups in total. The second-order valence-corrected chi connectivity index (χ2v) is 10.8. The summed E-state index contributed by atoms with van der Waals surface area (Å²) in [7, 11) is 1.40. The molecule has 5 aromatic rings. The average Bonchev–Trinajstić information content (AvgIpc) is 3.64. The van der Waals surface area contributed by atoms with Crippen molar-refractivity contribution in [3.05, 3.63) is 143 Å². The zero-order valence-electron chi connectivity index (χ0n) is 23.9. The molecule has 0 aliphatic carbocycles. The number of hydrogen-bond acceptors (Lipinski definition) is 9. The van der Waals surface area contributed by atoms with E-state index >= 15 is 0 Å². The summed E-state index contributed by atoms with van der Waals surface area (Å²) in [6.45, 7) is 1.79. The molecule has 0 bridgehead atoms. The number of furan rings is 1. The number of nitrogens with zero attached hydrogens (tertiary/aromatic N) is 3. The molecule has 0 unspecified atom stereocenters. The number of carbonyl (C=O) groups is 1. The Hall–Kier alpha value is -5.62. The third-order valence-corrected chi connectivity index (χ3v) is 8.10. The van der Waals surface area contributed by atoms with Crippen LogP contribution < -0.4 is 19.6 Å². The van der Waals surface area contributed by atoms with Gasteiger partial charge in [-0.15, -0.1) is 0 Å². The maximum Gasteiger partial charge on any atom is 0.338 e. The summed E-state index contributed by atoms with van der Waals surface area (Å²) in [4.78, 5) is 43.3. The van der Waals surface area contributed by atoms with Crippen LogP contribution in [0.3, 0.4) is 0 Å². The van der Waals surface area contributed by atoms with E-state index in [1.54, 1.807) is 25.1 Å². The summed E-state index contributed by atoms with van der Waals surface area (Å²) in [6, 6.07) is 21.2. The third-order valence-electron chi connectivity index (χ3n) is 7.12. The van der Waals surface area contributed by atoms with Crippen molar-refractivity contribution >= 4 is 34.8 Å². The molecule has 1 atom stereocenters. The number of benzene rings is 3. The predicted molar refractivity (Wildman–Crippen MR) is 165 cm³/mol. The van der Waals surface area contributed by atoms with E-state index in [0.717, 1.165) is 11.3 Å². The highest BCUT2D eigenvalue weighted by Crippen LogP contribution is 2.36. The Morgan fingerprint density at radius 1 is 1.11 bits per heavy atom. The molecule has 0 radical (unpaired) electrons. The first kappa shape index (κ1) is 29.5. The van der Waals surface area contributed by atoms with Gasteiger partial charge in [-0.05, 0) is 42.8 Å². The topological polar surface area (TPSA) is 126 Å². The molecule has 226 valence electrons. The molecule has 0 amide bonds. The van der Waals surface area contributed by atoms with Crippen molar-refractivity contribution in [3.8, 4) is 17.1 Å². The number of ether oxygens (including phenoxy) is 2. The molecule has 12 heteroatoms. The number of nitro benzene ring substituents is 1. The zero-order valence-corrected chi connectivity index (χ0v) is 24.7. The SMILES string of the molecule is CCOC(=O)C1=C(c2ccccc2)N=c2s/c(=C\c3ccc(-c4ccc([N+](=O)[O-])cc4OC)o3)c(=O)n2[C@H]1c1ccc(F)cc1. The van der Waals surface area contributed by atoms with E-state index < -0.39 is 28.3 Å². The second kappa shape index (κ2) is 12.2. The zero-order chi connectivity index (χ0) is 31.7. The molecule has 0 spiro atoms. The number of nitro groups is 1. The Morgan fingerprint density at radius 3 is 2.56 bits per heavy atom. The summed E-state index contributed by atoms with van der Waals surface area (Å²) in [6.07, 6.45) is 1.56. The molecule has 0 saturated heterocycles. The van der Waals surface area contributed by atoms with E-state index in [2.05, 4.69) is 0 Å². The van der Waals surface area contributed by atoms with Crippen LogP contribution in [-0.2, 0) is 9.53 Å². The molecule has 45 heavy (non-hydrogen) atoms. The molecule has 6 rings (SSSR count). The Morgan fingerprint density at radius 2 is 1.87 bits per heavy atom. The van der Waals surface area contributed by atoms with Crippen LogP contribution in [0.25, 0.3) is 23.1 Å². The first-order chi connectivity index (χ1) is 21.8. The lowest BCUT2D eigenvalue weighted by atomic mass is 9.93. The smallest absolute Gasteiger partial charge is 0.338 e. The minimum absolute atomic E-state index is 0.103. The predicted octanol–water partition coefficient (Wildman–Crippen LogP) is 5.25. The van der Waals surface area contributed by atoms with Gasteiger partial charge in [0.05, 0.1) is 52.1 Å². The van der Waals surface area contributed by atoms with Gasteiger partial charge in [-0.1, -0.05) is 53.8 Å². The van der Waals surface area contributed by atoms with Gasteiger partial charge < -0.3 is 13.9 Å². The van der Waals surface area contributed by atoms with Gasteiger partial charge in [0.15, 0.2) is 4.80 Å². The van der Waals surface area contributed by atoms with E-state index in [4.69, 9.17) is 18.9 Å². The highest BCUT2D eigenvalue weighted by Gasteiger charge is 2.35. The van der Waals surface area contributed by atoms with Crippen molar-refractivity contribution in [2.75, 3.05) is 13.7 Å². The summed E-state index contributed by atoms with van der Waals surface area (Å²) in [5.74, 6) is -0.141. The fraction of sp³-hybridized carbons (Fsp3) is 0.121. The van der Waals surface area contributed by atoms with E-state index in [1.165, 1.54) is 54.1 Å². The Bertz CT molecular complexity index is 2150. The minimum atomic E-state index is -0.949. The van der Waals surface area contributed by atoms with E-state index in [9.17, 15) is 24.1 Å². The van der Waals surface area contributed by atoms with Gasteiger partial charge in [0, 0.05) is 17.7 Å². The van der Waals surface area contributed by atoms with Gasteiger partial charge in [-0.25, -0.2) is 14.2 Å². The fourth-order valence-corrected chi connectivity index (χ4v) is 6.08. The number of halogens is 1. The summed E-state index contributed by atoms with van der Waals surface area (Å²) >= 11 is 1.11. The number of hydrogen-bond donors (Lipinski definition) is 0. The maximum absolute atomic E-state index is 14.0. The van der Waals surface area contributed by atoms with Crippen LogP contribution in [0.5, 0.6) is 5.75 Å². The Balaban J connectivity index is 1.52. The van der Waals surface area contributed by atoms with Crippen LogP contribution >= 0.6 is 11.3 Å². The van der Waals surface area contributed by atoms with Crippen molar-refractivity contribution in [2.24, 2.45) is 4.99 Å². The lowest BCUT2D eigenvalue weighted by molar-refractivity contribution is -0.384. The fourth-order valence-electron chi connectivity index (χ4n) is 5.10. The third kappa shape index (κ3) is 5.58. The number of rotatable bonds is 8. The van der Waals surface area contributed by atoms with Crippen LogP contribution in [0.2, 0.25) is 0 Å². The van der Waals surface area contributed by atoms with E-state index in [-0.39, 0.29) is 28.1 Å². The first-order valence-corrected chi connectivity index (χ1v) is 14.6. The monoisotopic (exact) mass is 625 g/mol. The minimum Gasteiger partial charge on any atom is -0.496 e. The highest BCUT2D eigenvalue weighted by molar-refractivity contribution is 7.07. The molecule has 3 heterocycles. The standard InChI is InChI=1S/C33H24FN3O7S/c1-3-43-32(39)28-29(19-7-5-4-6-8-19)35-33-36(30(28)20-9-11-21(34)12-10-20)31(38)27(45-33)18-23-14-16-25(44-23)24-15-13-22(37(40)41)17-26(24)42-2/h4-18,30H,3H2,1-2H3/b27-18-/t30-/m0/s1. The van der Waals surface area contributed by atoms with Crippen molar-refractivity contribution in [3.63, 3.8) is 0 Å². The summed E-state index contributed by atoms with van der Waals surface area (Å²) in [5, 5.41) is 11.2.